The summed E-state index contributed by atoms with van der Waals surface area (Å²) >= 11 is 0. The Morgan fingerprint density at radius 3 is 2.33 bits per heavy atom. The van der Waals surface area contributed by atoms with Gasteiger partial charge in [-0.2, -0.15) is 5.26 Å². The summed E-state index contributed by atoms with van der Waals surface area (Å²) in [4.78, 5) is 11.0. The Balaban J connectivity index is 0.00000162. The molecule has 0 radical (unpaired) electrons. The van der Waals surface area contributed by atoms with E-state index in [1.165, 1.54) is 6.07 Å². The molecule has 0 bridgehead atoms. The number of carboxylic acid groups (broad SMARTS) is 1. The molecule has 3 nitrogen and oxygen atoms in total. The molecule has 0 saturated heterocycles. The summed E-state index contributed by atoms with van der Waals surface area (Å²) in [6.07, 6.45) is 0. The predicted molar refractivity (Wildman–Crippen MR) is 64.7 cm³/mol. The van der Waals surface area contributed by atoms with E-state index < -0.39 is 5.97 Å². The van der Waals surface area contributed by atoms with Crippen molar-refractivity contribution in [2.75, 3.05) is 0 Å². The summed E-state index contributed by atoms with van der Waals surface area (Å²) in [5.41, 5.74) is 1.72. The molecular weight excluding hydrogens is 237 g/mol. The van der Waals surface area contributed by atoms with Gasteiger partial charge >= 0.3 is 35.5 Å². The fourth-order valence-corrected chi connectivity index (χ4v) is 1.71. The Morgan fingerprint density at radius 1 is 1.11 bits per heavy atom. The monoisotopic (exact) mass is 247 g/mol. The zero-order valence-electron chi connectivity index (χ0n) is 10.9. The summed E-state index contributed by atoms with van der Waals surface area (Å²) < 4.78 is 0. The summed E-state index contributed by atoms with van der Waals surface area (Å²) in [7, 11) is 0. The van der Waals surface area contributed by atoms with E-state index >= 15 is 0 Å². The molecule has 0 fully saturated rings. The standard InChI is InChI=1S/C14H9NO2.Na.H/c15-9-13-11(10-5-2-1-3-6-10)7-4-8-12(13)14(16)17;;/h1-8H,(H,16,17);;/q;+1;-1. The summed E-state index contributed by atoms with van der Waals surface area (Å²) in [5, 5.41) is 18.1. The van der Waals surface area contributed by atoms with Crippen LogP contribution in [0.15, 0.2) is 48.5 Å². The molecular formula is C14H10NNaO2. The molecule has 84 valence electrons. The number of benzene rings is 2. The van der Waals surface area contributed by atoms with Crippen molar-refractivity contribution < 1.29 is 40.9 Å². The molecule has 0 aliphatic heterocycles. The maximum Gasteiger partial charge on any atom is 1.00 e. The fourth-order valence-electron chi connectivity index (χ4n) is 1.71. The van der Waals surface area contributed by atoms with Gasteiger partial charge in [0.05, 0.1) is 11.1 Å². The average Bonchev–Trinajstić information content (AvgIpc) is 2.38. The molecule has 0 spiro atoms. The number of carbonyl (C=O) groups is 1. The Kier molecular flexibility index (Phi) is 5.11. The van der Waals surface area contributed by atoms with E-state index in [9.17, 15) is 4.79 Å². The van der Waals surface area contributed by atoms with Crippen LogP contribution in [-0.4, -0.2) is 11.1 Å². The SMILES string of the molecule is N#Cc1c(C(=O)O)cccc1-c1ccccc1.[H-].[Na+]. The summed E-state index contributed by atoms with van der Waals surface area (Å²) in [5.74, 6) is -1.08. The van der Waals surface area contributed by atoms with E-state index in [2.05, 4.69) is 0 Å². The molecule has 0 atom stereocenters. The van der Waals surface area contributed by atoms with E-state index in [1.54, 1.807) is 12.1 Å². The van der Waals surface area contributed by atoms with Gasteiger partial charge in [0.15, 0.2) is 0 Å². The van der Waals surface area contributed by atoms with Gasteiger partial charge in [0.1, 0.15) is 6.07 Å². The second kappa shape index (κ2) is 6.36. The van der Waals surface area contributed by atoms with Crippen molar-refractivity contribution in [1.29, 1.82) is 5.26 Å². The van der Waals surface area contributed by atoms with Crippen LogP contribution >= 0.6 is 0 Å². The maximum absolute atomic E-state index is 11.0. The van der Waals surface area contributed by atoms with Gasteiger partial charge in [-0.15, -0.1) is 0 Å². The van der Waals surface area contributed by atoms with Gasteiger partial charge < -0.3 is 6.53 Å². The van der Waals surface area contributed by atoms with Crippen molar-refractivity contribution in [3.63, 3.8) is 0 Å². The molecule has 0 aliphatic rings. The zero-order valence-corrected chi connectivity index (χ0v) is 11.9. The minimum absolute atomic E-state index is 0. The van der Waals surface area contributed by atoms with Crippen LogP contribution in [0, 0.1) is 11.3 Å². The molecule has 1 N–H and O–H groups in total. The van der Waals surface area contributed by atoms with Crippen LogP contribution in [0.2, 0.25) is 0 Å². The predicted octanol–water partition coefficient (Wildman–Crippen LogP) is 0.0400. The molecule has 0 unspecified atom stereocenters. The van der Waals surface area contributed by atoms with Crippen LogP contribution in [0.5, 0.6) is 0 Å². The smallest absolute Gasteiger partial charge is 1.00 e. The fraction of sp³-hybridized carbons (Fsp3) is 0. The summed E-state index contributed by atoms with van der Waals surface area (Å²) in [6, 6.07) is 16.1. The Bertz CT molecular complexity index is 609. The Labute approximate surface area is 128 Å². The second-order valence-electron chi connectivity index (χ2n) is 3.51. The first-order chi connectivity index (χ1) is 8.24. The Morgan fingerprint density at radius 2 is 1.78 bits per heavy atom. The van der Waals surface area contributed by atoms with Gasteiger partial charge in [0.2, 0.25) is 0 Å². The van der Waals surface area contributed by atoms with Crippen LogP contribution < -0.4 is 29.6 Å². The van der Waals surface area contributed by atoms with Crippen molar-refractivity contribution >= 4 is 5.97 Å². The van der Waals surface area contributed by atoms with Crippen molar-refractivity contribution in [2.45, 2.75) is 0 Å². The molecule has 0 saturated carbocycles. The molecule has 2 rings (SSSR count). The first kappa shape index (κ1) is 14.5. The van der Waals surface area contributed by atoms with Crippen LogP contribution in [0.25, 0.3) is 11.1 Å². The number of nitriles is 1. The first-order valence-corrected chi connectivity index (χ1v) is 5.06. The number of hydrogen-bond acceptors (Lipinski definition) is 2. The molecule has 0 heterocycles. The van der Waals surface area contributed by atoms with Crippen molar-refractivity contribution in [1.82, 2.24) is 0 Å². The number of nitrogens with zero attached hydrogens (tertiary/aromatic N) is 1. The minimum Gasteiger partial charge on any atom is -1.00 e. The van der Waals surface area contributed by atoms with Crippen LogP contribution in [0.3, 0.4) is 0 Å². The van der Waals surface area contributed by atoms with Gasteiger partial charge in [0, 0.05) is 5.56 Å². The third kappa shape index (κ3) is 2.80. The van der Waals surface area contributed by atoms with Gasteiger partial charge in [-0.25, -0.2) is 4.79 Å². The molecule has 4 heteroatoms. The number of hydrogen-bond donors (Lipinski definition) is 1. The van der Waals surface area contributed by atoms with E-state index in [4.69, 9.17) is 10.4 Å². The first-order valence-electron chi connectivity index (χ1n) is 5.06. The topological polar surface area (TPSA) is 61.1 Å². The Hall–Kier alpha value is -1.60. The van der Waals surface area contributed by atoms with Gasteiger partial charge in [-0.1, -0.05) is 42.5 Å². The minimum atomic E-state index is -1.08. The molecule has 18 heavy (non-hydrogen) atoms. The quantitative estimate of drug-likeness (QED) is 0.762. The maximum atomic E-state index is 11.0. The molecule has 0 amide bonds. The average molecular weight is 247 g/mol. The number of aromatic carboxylic acids is 1. The molecule has 0 aliphatic carbocycles. The molecule has 2 aromatic rings. The van der Waals surface area contributed by atoms with Crippen molar-refractivity contribution in [2.24, 2.45) is 0 Å². The van der Waals surface area contributed by atoms with Crippen LogP contribution in [-0.2, 0) is 0 Å². The third-order valence-corrected chi connectivity index (χ3v) is 2.49. The number of carboxylic acids is 1. The van der Waals surface area contributed by atoms with E-state index in [0.717, 1.165) is 5.56 Å². The molecule has 2 aromatic carbocycles. The van der Waals surface area contributed by atoms with E-state index in [-0.39, 0.29) is 42.1 Å². The third-order valence-electron chi connectivity index (χ3n) is 2.49. The van der Waals surface area contributed by atoms with E-state index in [1.807, 2.05) is 36.4 Å². The van der Waals surface area contributed by atoms with Gasteiger partial charge in [0.25, 0.3) is 0 Å². The largest absolute Gasteiger partial charge is 1.00 e. The van der Waals surface area contributed by atoms with Crippen LogP contribution in [0.4, 0.5) is 0 Å². The van der Waals surface area contributed by atoms with Gasteiger partial charge in [-0.3, -0.25) is 0 Å². The number of rotatable bonds is 2. The summed E-state index contributed by atoms with van der Waals surface area (Å²) in [6.45, 7) is 0. The second-order valence-corrected chi connectivity index (χ2v) is 3.51. The van der Waals surface area contributed by atoms with Gasteiger partial charge in [-0.05, 0) is 11.6 Å². The van der Waals surface area contributed by atoms with Crippen molar-refractivity contribution in [3.8, 4) is 17.2 Å². The normalized spacial score (nSPS) is 9.06. The zero-order chi connectivity index (χ0) is 12.3. The van der Waals surface area contributed by atoms with E-state index in [0.29, 0.717) is 5.56 Å². The van der Waals surface area contributed by atoms with Crippen molar-refractivity contribution in [3.05, 3.63) is 59.7 Å². The van der Waals surface area contributed by atoms with Crippen LogP contribution in [0.1, 0.15) is 17.3 Å². The molecule has 0 aromatic heterocycles.